The fraction of sp³-hybridized carbons (Fsp3) is 0.500. The lowest BCUT2D eigenvalue weighted by Gasteiger charge is -2.14. The third-order valence-electron chi connectivity index (χ3n) is 2.73. The molecule has 0 aliphatic heterocycles. The average molecular weight is 329 g/mol. The maximum absolute atomic E-state index is 4.16. The van der Waals surface area contributed by atoms with E-state index in [1.165, 1.54) is 14.2 Å². The molecule has 0 saturated heterocycles. The molecule has 0 amide bonds. The van der Waals surface area contributed by atoms with Crippen molar-refractivity contribution in [2.75, 3.05) is 6.54 Å². The molecular formula is C12H17BrN4S. The lowest BCUT2D eigenvalue weighted by atomic mass is 10.1. The number of likely N-dealkylation sites (N-methyl/N-ethyl adjacent to an activating group) is 1. The molecule has 0 fully saturated rings. The first-order valence-corrected chi connectivity index (χ1v) is 7.55. The first-order valence-electron chi connectivity index (χ1n) is 5.94. The Labute approximate surface area is 120 Å². The Hall–Kier alpha value is -0.720. The van der Waals surface area contributed by atoms with Crippen molar-refractivity contribution in [3.05, 3.63) is 32.2 Å². The molecule has 4 nitrogen and oxygen atoms in total. The Morgan fingerprint density at radius 2 is 2.33 bits per heavy atom. The molecule has 6 heteroatoms. The number of aromatic nitrogens is 3. The van der Waals surface area contributed by atoms with Crippen LogP contribution in [0.2, 0.25) is 0 Å². The SMILES string of the molecule is CCNC(Cc1cn(C)nn1)c1cc(C)c(Br)s1. The summed E-state index contributed by atoms with van der Waals surface area (Å²) in [4.78, 5) is 1.34. The van der Waals surface area contributed by atoms with E-state index in [4.69, 9.17) is 0 Å². The van der Waals surface area contributed by atoms with Crippen LogP contribution < -0.4 is 5.32 Å². The summed E-state index contributed by atoms with van der Waals surface area (Å²) in [7, 11) is 1.89. The fourth-order valence-electron chi connectivity index (χ4n) is 1.87. The number of rotatable bonds is 5. The van der Waals surface area contributed by atoms with Gasteiger partial charge in [0, 0.05) is 30.6 Å². The number of hydrogen-bond donors (Lipinski definition) is 1. The molecule has 0 spiro atoms. The van der Waals surface area contributed by atoms with Gasteiger partial charge in [0.1, 0.15) is 0 Å². The van der Waals surface area contributed by atoms with Crippen LogP contribution in [0.3, 0.4) is 0 Å². The van der Waals surface area contributed by atoms with E-state index in [2.05, 4.69) is 51.5 Å². The largest absolute Gasteiger partial charge is 0.309 e. The van der Waals surface area contributed by atoms with Crippen LogP contribution in [0.5, 0.6) is 0 Å². The lowest BCUT2D eigenvalue weighted by Crippen LogP contribution is -2.22. The van der Waals surface area contributed by atoms with Crippen molar-refractivity contribution < 1.29 is 0 Å². The van der Waals surface area contributed by atoms with Crippen LogP contribution in [-0.2, 0) is 13.5 Å². The zero-order chi connectivity index (χ0) is 13.1. The van der Waals surface area contributed by atoms with Crippen molar-refractivity contribution in [3.63, 3.8) is 0 Å². The van der Waals surface area contributed by atoms with Crippen LogP contribution >= 0.6 is 27.3 Å². The monoisotopic (exact) mass is 328 g/mol. The molecule has 98 valence electrons. The smallest absolute Gasteiger partial charge is 0.0846 e. The molecule has 0 saturated carbocycles. The van der Waals surface area contributed by atoms with E-state index < -0.39 is 0 Å². The van der Waals surface area contributed by atoms with Gasteiger partial charge in [-0.3, -0.25) is 4.68 Å². The standard InChI is InChI=1S/C12H17BrN4S/c1-4-14-10(6-9-7-17(3)16-15-9)11-5-8(2)12(13)18-11/h5,7,10,14H,4,6H2,1-3H3. The van der Waals surface area contributed by atoms with Gasteiger partial charge in [-0.1, -0.05) is 12.1 Å². The zero-order valence-corrected chi connectivity index (χ0v) is 13.2. The molecule has 0 aromatic carbocycles. The van der Waals surface area contributed by atoms with Crippen molar-refractivity contribution in [2.24, 2.45) is 7.05 Å². The molecule has 2 heterocycles. The summed E-state index contributed by atoms with van der Waals surface area (Å²) in [6.07, 6.45) is 2.84. The van der Waals surface area contributed by atoms with Crippen LogP contribution in [0.15, 0.2) is 16.0 Å². The van der Waals surface area contributed by atoms with Crippen molar-refractivity contribution in [1.82, 2.24) is 20.3 Å². The summed E-state index contributed by atoms with van der Waals surface area (Å²) in [5, 5.41) is 11.6. The van der Waals surface area contributed by atoms with E-state index in [0.29, 0.717) is 6.04 Å². The first kappa shape index (κ1) is 13.7. The highest BCUT2D eigenvalue weighted by atomic mass is 79.9. The van der Waals surface area contributed by atoms with Gasteiger partial charge in [-0.15, -0.1) is 16.4 Å². The van der Waals surface area contributed by atoms with Crippen LogP contribution in [0, 0.1) is 6.92 Å². The molecule has 0 aliphatic rings. The van der Waals surface area contributed by atoms with E-state index in [0.717, 1.165) is 18.7 Å². The van der Waals surface area contributed by atoms with Gasteiger partial charge in [0.05, 0.1) is 9.48 Å². The number of aryl methyl sites for hydroxylation is 2. The molecule has 0 bridgehead atoms. The minimum Gasteiger partial charge on any atom is -0.309 e. The molecule has 0 radical (unpaired) electrons. The van der Waals surface area contributed by atoms with Crippen molar-refractivity contribution in [3.8, 4) is 0 Å². The normalized spacial score (nSPS) is 12.9. The van der Waals surface area contributed by atoms with Gasteiger partial charge < -0.3 is 5.32 Å². The summed E-state index contributed by atoms with van der Waals surface area (Å²) in [5.41, 5.74) is 2.31. The topological polar surface area (TPSA) is 42.7 Å². The maximum Gasteiger partial charge on any atom is 0.0846 e. The summed E-state index contributed by atoms with van der Waals surface area (Å²) in [6.45, 7) is 5.19. The van der Waals surface area contributed by atoms with E-state index >= 15 is 0 Å². The molecule has 1 N–H and O–H groups in total. The Kier molecular flexibility index (Phi) is 4.53. The van der Waals surface area contributed by atoms with Crippen molar-refractivity contribution in [1.29, 1.82) is 0 Å². The summed E-state index contributed by atoms with van der Waals surface area (Å²) in [5.74, 6) is 0. The van der Waals surface area contributed by atoms with Gasteiger partial charge in [-0.05, 0) is 41.0 Å². The van der Waals surface area contributed by atoms with E-state index in [9.17, 15) is 0 Å². The zero-order valence-electron chi connectivity index (χ0n) is 10.8. The van der Waals surface area contributed by atoms with Gasteiger partial charge in [0.15, 0.2) is 0 Å². The Morgan fingerprint density at radius 3 is 2.83 bits per heavy atom. The number of nitrogens with zero attached hydrogens (tertiary/aromatic N) is 3. The number of halogens is 1. The Bertz CT molecular complexity index is 500. The number of thiophene rings is 1. The van der Waals surface area contributed by atoms with Gasteiger partial charge in [-0.2, -0.15) is 0 Å². The summed E-state index contributed by atoms with van der Waals surface area (Å²) < 4.78 is 2.95. The van der Waals surface area contributed by atoms with E-state index in [1.807, 2.05) is 13.2 Å². The maximum atomic E-state index is 4.16. The van der Waals surface area contributed by atoms with Gasteiger partial charge in [-0.25, -0.2) is 0 Å². The van der Waals surface area contributed by atoms with Crippen molar-refractivity contribution in [2.45, 2.75) is 26.3 Å². The molecular weight excluding hydrogens is 312 g/mol. The second kappa shape index (κ2) is 5.95. The predicted molar refractivity (Wildman–Crippen MR) is 77.9 cm³/mol. The second-order valence-electron chi connectivity index (χ2n) is 4.30. The van der Waals surface area contributed by atoms with Crippen LogP contribution in [0.4, 0.5) is 0 Å². The van der Waals surface area contributed by atoms with Gasteiger partial charge >= 0.3 is 0 Å². The summed E-state index contributed by atoms with van der Waals surface area (Å²) >= 11 is 5.37. The van der Waals surface area contributed by atoms with E-state index in [1.54, 1.807) is 16.0 Å². The molecule has 0 aliphatic carbocycles. The molecule has 2 rings (SSSR count). The third kappa shape index (κ3) is 3.18. The quantitative estimate of drug-likeness (QED) is 0.917. The Morgan fingerprint density at radius 1 is 1.56 bits per heavy atom. The fourth-order valence-corrected chi connectivity index (χ4v) is 3.52. The number of nitrogens with one attached hydrogen (secondary N) is 1. The highest BCUT2D eigenvalue weighted by molar-refractivity contribution is 9.11. The van der Waals surface area contributed by atoms with Crippen LogP contribution in [-0.4, -0.2) is 21.5 Å². The van der Waals surface area contributed by atoms with Crippen LogP contribution in [0.1, 0.15) is 29.1 Å². The molecule has 1 unspecified atom stereocenters. The highest BCUT2D eigenvalue weighted by Gasteiger charge is 2.16. The number of hydrogen-bond acceptors (Lipinski definition) is 4. The first-order chi connectivity index (χ1) is 8.60. The Balaban J connectivity index is 2.17. The molecule has 18 heavy (non-hydrogen) atoms. The second-order valence-corrected chi connectivity index (χ2v) is 6.71. The molecule has 1 atom stereocenters. The minimum absolute atomic E-state index is 0.307. The third-order valence-corrected chi connectivity index (χ3v) is 4.98. The lowest BCUT2D eigenvalue weighted by molar-refractivity contribution is 0.551. The van der Waals surface area contributed by atoms with Gasteiger partial charge in [0.25, 0.3) is 0 Å². The average Bonchev–Trinajstić information content (AvgIpc) is 2.86. The van der Waals surface area contributed by atoms with Gasteiger partial charge in [0.2, 0.25) is 0 Å². The van der Waals surface area contributed by atoms with Crippen molar-refractivity contribution >= 4 is 27.3 Å². The highest BCUT2D eigenvalue weighted by Crippen LogP contribution is 2.32. The van der Waals surface area contributed by atoms with E-state index in [-0.39, 0.29) is 0 Å². The molecule has 2 aromatic rings. The predicted octanol–water partition coefficient (Wildman–Crippen LogP) is 2.84. The molecule has 2 aromatic heterocycles. The summed E-state index contributed by atoms with van der Waals surface area (Å²) in [6, 6.07) is 2.54. The minimum atomic E-state index is 0.307. The van der Waals surface area contributed by atoms with Crippen LogP contribution in [0.25, 0.3) is 0 Å².